The Hall–Kier alpha value is -2.91. The lowest BCUT2D eigenvalue weighted by Gasteiger charge is -2.12. The molecule has 0 radical (unpaired) electrons. The summed E-state index contributed by atoms with van der Waals surface area (Å²) in [5.41, 5.74) is 1.00. The molecule has 0 spiro atoms. The van der Waals surface area contributed by atoms with Crippen LogP contribution in [0.4, 0.5) is 0 Å². The second-order valence-electron chi connectivity index (χ2n) is 6.30. The smallest absolute Gasteiger partial charge is 0.338 e. The third kappa shape index (κ3) is 6.03. The highest BCUT2D eigenvalue weighted by Crippen LogP contribution is 2.17. The van der Waals surface area contributed by atoms with Gasteiger partial charge in [-0.15, -0.1) is 0 Å². The third-order valence-electron chi connectivity index (χ3n) is 4.09. The number of ether oxygens (including phenoxy) is 2. The van der Waals surface area contributed by atoms with Crippen molar-refractivity contribution in [1.82, 2.24) is 9.62 Å². The van der Waals surface area contributed by atoms with Gasteiger partial charge in [0.05, 0.1) is 17.6 Å². The molecule has 0 fully saturated rings. The molecule has 8 nitrogen and oxygen atoms in total. The highest BCUT2D eigenvalue weighted by Gasteiger charge is 2.19. The standard InChI is InChI=1S/C20H24N2O6S/c1-22(2)29(25,26)17-9-6-8-16(13-17)20(24)28-14-19(23)21-12-11-15-7-4-5-10-18(15)27-3/h4-10,13H,11-12,14H2,1-3H3,(H,21,23). The van der Waals surface area contributed by atoms with Crippen LogP contribution >= 0.6 is 0 Å². The molecule has 0 bridgehead atoms. The van der Waals surface area contributed by atoms with E-state index in [9.17, 15) is 18.0 Å². The Labute approximate surface area is 170 Å². The van der Waals surface area contributed by atoms with Crippen LogP contribution in [0, 0.1) is 0 Å². The predicted octanol–water partition coefficient (Wildman–Crippen LogP) is 1.46. The Balaban J connectivity index is 1.87. The van der Waals surface area contributed by atoms with Crippen molar-refractivity contribution in [1.29, 1.82) is 0 Å². The molecule has 2 aromatic rings. The number of para-hydroxylation sites is 1. The predicted molar refractivity (Wildman–Crippen MR) is 107 cm³/mol. The first-order valence-corrected chi connectivity index (χ1v) is 10.3. The van der Waals surface area contributed by atoms with Crippen LogP contribution in [0.2, 0.25) is 0 Å². The number of hydrogen-bond acceptors (Lipinski definition) is 6. The van der Waals surface area contributed by atoms with Gasteiger partial charge in [0.2, 0.25) is 10.0 Å². The first kappa shape index (κ1) is 22.4. The zero-order valence-electron chi connectivity index (χ0n) is 16.5. The molecule has 9 heteroatoms. The quantitative estimate of drug-likeness (QED) is 0.617. The number of sulfonamides is 1. The Kier molecular flexibility index (Phi) is 7.74. The molecule has 0 aliphatic carbocycles. The molecule has 2 rings (SSSR count). The largest absolute Gasteiger partial charge is 0.496 e. The van der Waals surface area contributed by atoms with Gasteiger partial charge in [-0.05, 0) is 36.2 Å². The Morgan fingerprint density at radius 3 is 2.48 bits per heavy atom. The van der Waals surface area contributed by atoms with Crippen LogP contribution in [-0.4, -0.2) is 59.0 Å². The fourth-order valence-electron chi connectivity index (χ4n) is 2.51. The van der Waals surface area contributed by atoms with Gasteiger partial charge in [0.25, 0.3) is 5.91 Å². The number of carbonyl (C=O) groups is 2. The van der Waals surface area contributed by atoms with E-state index >= 15 is 0 Å². The van der Waals surface area contributed by atoms with E-state index in [4.69, 9.17) is 9.47 Å². The number of rotatable bonds is 9. The summed E-state index contributed by atoms with van der Waals surface area (Å²) >= 11 is 0. The van der Waals surface area contributed by atoms with Crippen molar-refractivity contribution < 1.29 is 27.5 Å². The molecule has 1 N–H and O–H groups in total. The monoisotopic (exact) mass is 420 g/mol. The van der Waals surface area contributed by atoms with Crippen LogP contribution in [-0.2, 0) is 26.0 Å². The summed E-state index contributed by atoms with van der Waals surface area (Å²) in [4.78, 5) is 24.0. The summed E-state index contributed by atoms with van der Waals surface area (Å²) in [5, 5.41) is 2.67. The van der Waals surface area contributed by atoms with Gasteiger partial charge in [-0.1, -0.05) is 24.3 Å². The lowest BCUT2D eigenvalue weighted by molar-refractivity contribution is -0.124. The summed E-state index contributed by atoms with van der Waals surface area (Å²) in [6.45, 7) is -0.108. The molecular weight excluding hydrogens is 396 g/mol. The van der Waals surface area contributed by atoms with Gasteiger partial charge < -0.3 is 14.8 Å². The second-order valence-corrected chi connectivity index (χ2v) is 8.46. The number of carbonyl (C=O) groups excluding carboxylic acids is 2. The van der Waals surface area contributed by atoms with Crippen molar-refractivity contribution in [3.8, 4) is 5.75 Å². The second kappa shape index (κ2) is 10.0. The van der Waals surface area contributed by atoms with Crippen molar-refractivity contribution in [3.63, 3.8) is 0 Å². The molecule has 0 aliphatic rings. The molecule has 0 unspecified atom stereocenters. The van der Waals surface area contributed by atoms with E-state index in [1.807, 2.05) is 24.3 Å². The molecule has 0 atom stereocenters. The van der Waals surface area contributed by atoms with Crippen LogP contribution in [0.25, 0.3) is 0 Å². The van der Waals surface area contributed by atoms with Gasteiger partial charge in [0.1, 0.15) is 5.75 Å². The van der Waals surface area contributed by atoms with Crippen LogP contribution in [0.5, 0.6) is 5.75 Å². The number of esters is 1. The molecule has 0 aliphatic heterocycles. The maximum atomic E-state index is 12.2. The van der Waals surface area contributed by atoms with Crippen molar-refractivity contribution in [2.75, 3.05) is 34.4 Å². The van der Waals surface area contributed by atoms with E-state index in [2.05, 4.69) is 5.32 Å². The van der Waals surface area contributed by atoms with Crippen molar-refractivity contribution in [2.24, 2.45) is 0 Å². The van der Waals surface area contributed by atoms with Gasteiger partial charge in [0, 0.05) is 20.6 Å². The summed E-state index contributed by atoms with van der Waals surface area (Å²) in [7, 11) is 0.704. The minimum Gasteiger partial charge on any atom is -0.496 e. The normalized spacial score (nSPS) is 11.2. The van der Waals surface area contributed by atoms with Gasteiger partial charge in [0.15, 0.2) is 6.61 Å². The highest BCUT2D eigenvalue weighted by molar-refractivity contribution is 7.89. The van der Waals surface area contributed by atoms with Crippen LogP contribution in [0.1, 0.15) is 15.9 Å². The highest BCUT2D eigenvalue weighted by atomic mass is 32.2. The molecule has 1 amide bonds. The van der Waals surface area contributed by atoms with Gasteiger partial charge in [-0.2, -0.15) is 0 Å². The van der Waals surface area contributed by atoms with E-state index in [0.29, 0.717) is 13.0 Å². The van der Waals surface area contributed by atoms with Crippen LogP contribution in [0.15, 0.2) is 53.4 Å². The van der Waals surface area contributed by atoms with Gasteiger partial charge >= 0.3 is 5.97 Å². The summed E-state index contributed by atoms with van der Waals surface area (Å²) < 4.78 is 35.6. The summed E-state index contributed by atoms with van der Waals surface area (Å²) in [6.07, 6.45) is 0.564. The van der Waals surface area contributed by atoms with Crippen LogP contribution < -0.4 is 10.1 Å². The van der Waals surface area contributed by atoms with Crippen molar-refractivity contribution >= 4 is 21.9 Å². The number of methoxy groups -OCH3 is 1. The fraction of sp³-hybridized carbons (Fsp3) is 0.300. The number of amides is 1. The zero-order valence-corrected chi connectivity index (χ0v) is 17.4. The van der Waals surface area contributed by atoms with E-state index < -0.39 is 28.5 Å². The maximum absolute atomic E-state index is 12.2. The average molecular weight is 420 g/mol. The third-order valence-corrected chi connectivity index (χ3v) is 5.90. The summed E-state index contributed by atoms with van der Waals surface area (Å²) in [6, 6.07) is 13.0. The molecule has 0 saturated heterocycles. The van der Waals surface area contributed by atoms with E-state index in [1.165, 1.54) is 38.4 Å². The van der Waals surface area contributed by atoms with Crippen molar-refractivity contribution in [2.45, 2.75) is 11.3 Å². The lowest BCUT2D eigenvalue weighted by atomic mass is 10.1. The van der Waals surface area contributed by atoms with Crippen molar-refractivity contribution in [3.05, 3.63) is 59.7 Å². The van der Waals surface area contributed by atoms with Gasteiger partial charge in [-0.25, -0.2) is 17.5 Å². The molecule has 0 saturated carbocycles. The molecule has 156 valence electrons. The Morgan fingerprint density at radius 2 is 1.79 bits per heavy atom. The van der Waals surface area contributed by atoms with E-state index in [0.717, 1.165) is 15.6 Å². The number of hydrogen-bond donors (Lipinski definition) is 1. The molecule has 0 aromatic heterocycles. The minimum atomic E-state index is -3.67. The van der Waals surface area contributed by atoms with Gasteiger partial charge in [-0.3, -0.25) is 4.79 Å². The first-order chi connectivity index (χ1) is 13.8. The zero-order chi connectivity index (χ0) is 21.4. The first-order valence-electron chi connectivity index (χ1n) is 8.84. The average Bonchev–Trinajstić information content (AvgIpc) is 2.72. The molecule has 29 heavy (non-hydrogen) atoms. The van der Waals surface area contributed by atoms with Crippen LogP contribution in [0.3, 0.4) is 0 Å². The minimum absolute atomic E-state index is 0.0294. The van der Waals surface area contributed by atoms with E-state index in [1.54, 1.807) is 7.11 Å². The Morgan fingerprint density at radius 1 is 1.07 bits per heavy atom. The SMILES string of the molecule is COc1ccccc1CCNC(=O)COC(=O)c1cccc(S(=O)(=O)N(C)C)c1. The summed E-state index contributed by atoms with van der Waals surface area (Å²) in [5.74, 6) is -0.494. The molecule has 2 aromatic carbocycles. The molecular formula is C20H24N2O6S. The maximum Gasteiger partial charge on any atom is 0.338 e. The fourth-order valence-corrected chi connectivity index (χ4v) is 3.45. The topological polar surface area (TPSA) is 102 Å². The lowest BCUT2D eigenvalue weighted by Crippen LogP contribution is -2.30. The molecule has 0 heterocycles. The number of nitrogens with one attached hydrogen (secondary N) is 1. The Bertz CT molecular complexity index is 972. The number of benzene rings is 2. The van der Waals surface area contributed by atoms with E-state index in [-0.39, 0.29) is 10.5 Å². The number of nitrogens with zero attached hydrogens (tertiary/aromatic N) is 1.